The number of ether oxygens (including phenoxy) is 2. The van der Waals surface area contributed by atoms with Gasteiger partial charge in [-0.15, -0.1) is 0 Å². The van der Waals surface area contributed by atoms with Crippen LogP contribution in [0.4, 0.5) is 0 Å². The molecular formula is C30H32N4O7. The zero-order chi connectivity index (χ0) is 28.5. The number of fused-ring (bicyclic) bond motifs is 2. The van der Waals surface area contributed by atoms with Crippen LogP contribution in [-0.2, 0) is 41.5 Å². The first-order chi connectivity index (χ1) is 19.9. The minimum absolute atomic E-state index is 0.0565. The van der Waals surface area contributed by atoms with E-state index >= 15 is 0 Å². The van der Waals surface area contributed by atoms with E-state index in [1.807, 2.05) is 24.3 Å². The summed E-state index contributed by atoms with van der Waals surface area (Å²) in [5.41, 5.74) is 2.76. The molecule has 2 aromatic rings. The molecule has 0 bridgehead atoms. The highest BCUT2D eigenvalue weighted by Gasteiger charge is 2.46. The van der Waals surface area contributed by atoms with Crippen LogP contribution in [0.15, 0.2) is 54.6 Å². The van der Waals surface area contributed by atoms with Crippen molar-refractivity contribution in [2.45, 2.75) is 75.5 Å². The minimum atomic E-state index is -0.985. The first-order valence-corrected chi connectivity index (χ1v) is 14.1. The summed E-state index contributed by atoms with van der Waals surface area (Å²) in [6.07, 6.45) is 1.20. The van der Waals surface area contributed by atoms with Gasteiger partial charge in [-0.2, -0.15) is 0 Å². The molecule has 4 atom stereocenters. The van der Waals surface area contributed by atoms with E-state index < -0.39 is 48.1 Å². The summed E-state index contributed by atoms with van der Waals surface area (Å²) in [6, 6.07) is 13.8. The third-order valence-corrected chi connectivity index (χ3v) is 8.14. The predicted octanol–water partition coefficient (Wildman–Crippen LogP) is 1.26. The molecule has 0 spiro atoms. The van der Waals surface area contributed by atoms with Gasteiger partial charge in [0.25, 0.3) is 11.8 Å². The second-order valence-electron chi connectivity index (χ2n) is 10.9. The number of esters is 1. The van der Waals surface area contributed by atoms with Crippen molar-refractivity contribution >= 4 is 29.6 Å². The van der Waals surface area contributed by atoms with Crippen molar-refractivity contribution in [1.82, 2.24) is 20.7 Å². The molecule has 0 radical (unpaired) electrons. The quantitative estimate of drug-likeness (QED) is 0.508. The fourth-order valence-electron chi connectivity index (χ4n) is 6.10. The van der Waals surface area contributed by atoms with Gasteiger partial charge in [0, 0.05) is 18.5 Å². The van der Waals surface area contributed by atoms with Crippen molar-refractivity contribution in [3.05, 3.63) is 71.3 Å². The average Bonchev–Trinajstić information content (AvgIpc) is 3.52. The van der Waals surface area contributed by atoms with Gasteiger partial charge in [0.15, 0.2) is 0 Å². The van der Waals surface area contributed by atoms with E-state index in [1.54, 1.807) is 30.3 Å². The molecule has 6 rings (SSSR count). The summed E-state index contributed by atoms with van der Waals surface area (Å²) in [4.78, 5) is 65.4. The first kappa shape index (κ1) is 26.9. The summed E-state index contributed by atoms with van der Waals surface area (Å²) < 4.78 is 11.6. The molecule has 11 nitrogen and oxygen atoms in total. The molecule has 3 saturated heterocycles. The minimum Gasteiger partial charge on any atom is -0.433 e. The molecule has 4 aliphatic rings. The lowest BCUT2D eigenvalue weighted by atomic mass is 10.0. The molecule has 41 heavy (non-hydrogen) atoms. The molecule has 0 aromatic heterocycles. The second kappa shape index (κ2) is 11.3. The Bertz CT molecular complexity index is 1340. The van der Waals surface area contributed by atoms with Crippen LogP contribution in [0.25, 0.3) is 0 Å². The molecule has 1 aliphatic carbocycles. The molecule has 0 saturated carbocycles. The zero-order valence-electron chi connectivity index (χ0n) is 22.5. The Kier molecular flexibility index (Phi) is 7.44. The van der Waals surface area contributed by atoms with Crippen LogP contribution in [-0.4, -0.2) is 76.7 Å². The number of carbonyl (C=O) groups excluding carboxylic acids is 5. The van der Waals surface area contributed by atoms with Crippen LogP contribution >= 0.6 is 0 Å². The number of hydrazine groups is 1. The SMILES string of the molecule is O=C1C[C@H](NC(=O)[C@@H]2CCCN3C(=O)CC[C@H](NC(=O)c4ccccc4)C(=O)N23)[C@H](OC2Cc3ccccc3C2)O1. The predicted molar refractivity (Wildman–Crippen MR) is 144 cm³/mol. The van der Waals surface area contributed by atoms with Gasteiger partial charge in [-0.3, -0.25) is 29.0 Å². The molecule has 2 aromatic carbocycles. The van der Waals surface area contributed by atoms with Crippen LogP contribution in [0.5, 0.6) is 0 Å². The lowest BCUT2D eigenvalue weighted by Crippen LogP contribution is -2.64. The molecule has 3 fully saturated rings. The monoisotopic (exact) mass is 560 g/mol. The van der Waals surface area contributed by atoms with Gasteiger partial charge < -0.3 is 20.1 Å². The highest BCUT2D eigenvalue weighted by molar-refractivity contribution is 5.99. The van der Waals surface area contributed by atoms with E-state index in [0.29, 0.717) is 37.8 Å². The number of nitrogens with one attached hydrogen (secondary N) is 2. The van der Waals surface area contributed by atoms with Crippen molar-refractivity contribution in [1.29, 1.82) is 0 Å². The van der Waals surface area contributed by atoms with Crippen molar-refractivity contribution < 1.29 is 33.4 Å². The fraction of sp³-hybridized carbons (Fsp3) is 0.433. The Morgan fingerprint density at radius 3 is 2.32 bits per heavy atom. The van der Waals surface area contributed by atoms with Gasteiger partial charge in [-0.05, 0) is 55.4 Å². The third-order valence-electron chi connectivity index (χ3n) is 8.14. The first-order valence-electron chi connectivity index (χ1n) is 14.1. The number of carbonyl (C=O) groups is 5. The Morgan fingerprint density at radius 2 is 1.59 bits per heavy atom. The normalized spacial score (nSPS) is 26.2. The lowest BCUT2D eigenvalue weighted by Gasteiger charge is -2.43. The smallest absolute Gasteiger partial charge is 0.310 e. The van der Waals surface area contributed by atoms with Gasteiger partial charge in [0.2, 0.25) is 18.1 Å². The summed E-state index contributed by atoms with van der Waals surface area (Å²) in [5, 5.41) is 8.14. The molecular weight excluding hydrogens is 528 g/mol. The molecule has 3 aliphatic heterocycles. The van der Waals surface area contributed by atoms with E-state index in [0.717, 1.165) is 0 Å². The average molecular weight is 561 g/mol. The molecule has 2 N–H and O–H groups in total. The third kappa shape index (κ3) is 5.54. The Morgan fingerprint density at radius 1 is 0.878 bits per heavy atom. The molecule has 0 unspecified atom stereocenters. The number of hydrogen-bond donors (Lipinski definition) is 2. The van der Waals surface area contributed by atoms with Crippen LogP contribution in [0.3, 0.4) is 0 Å². The van der Waals surface area contributed by atoms with Crippen LogP contribution < -0.4 is 10.6 Å². The van der Waals surface area contributed by atoms with Crippen molar-refractivity contribution in [2.75, 3.05) is 6.54 Å². The Labute approximate surface area is 237 Å². The maximum absolute atomic E-state index is 13.7. The summed E-state index contributed by atoms with van der Waals surface area (Å²) in [5.74, 6) is -2.22. The number of amides is 4. The molecule has 214 valence electrons. The zero-order valence-corrected chi connectivity index (χ0v) is 22.5. The van der Waals surface area contributed by atoms with Crippen molar-refractivity contribution in [3.8, 4) is 0 Å². The van der Waals surface area contributed by atoms with E-state index in [9.17, 15) is 24.0 Å². The van der Waals surface area contributed by atoms with Crippen molar-refractivity contribution in [2.24, 2.45) is 0 Å². The standard InChI is InChI=1S/C30H32N4O7/c35-25-13-12-22(31-27(37)18-7-2-1-3-8-18)29(39)34-24(11-6-14-33(25)34)28(38)32-23-17-26(36)41-30(23)40-21-15-19-9-4-5-10-20(19)16-21/h1-5,7-10,21-24,30H,6,11-17H2,(H,31,37)(H,32,38)/t22-,23-,24-,30+/m0/s1. The van der Waals surface area contributed by atoms with Crippen LogP contribution in [0, 0.1) is 0 Å². The highest BCUT2D eigenvalue weighted by Crippen LogP contribution is 2.29. The Hall–Kier alpha value is -4.25. The van der Waals surface area contributed by atoms with Crippen LogP contribution in [0.1, 0.15) is 53.6 Å². The van der Waals surface area contributed by atoms with E-state index in [1.165, 1.54) is 21.1 Å². The number of hydrogen-bond acceptors (Lipinski definition) is 7. The number of cyclic esters (lactones) is 1. The maximum Gasteiger partial charge on any atom is 0.310 e. The van der Waals surface area contributed by atoms with E-state index in [2.05, 4.69) is 10.6 Å². The van der Waals surface area contributed by atoms with Crippen molar-refractivity contribution in [3.63, 3.8) is 0 Å². The number of rotatable bonds is 6. The number of benzene rings is 2. The lowest BCUT2D eigenvalue weighted by molar-refractivity contribution is -0.180. The number of nitrogens with zero attached hydrogens (tertiary/aromatic N) is 2. The highest BCUT2D eigenvalue weighted by atomic mass is 16.7. The van der Waals surface area contributed by atoms with Gasteiger partial charge >= 0.3 is 5.97 Å². The van der Waals surface area contributed by atoms with Crippen LogP contribution in [0.2, 0.25) is 0 Å². The maximum atomic E-state index is 13.7. The molecule has 3 heterocycles. The fourth-order valence-corrected chi connectivity index (χ4v) is 6.10. The summed E-state index contributed by atoms with van der Waals surface area (Å²) in [7, 11) is 0. The molecule has 4 amide bonds. The van der Waals surface area contributed by atoms with Gasteiger partial charge in [0.05, 0.1) is 12.5 Å². The largest absolute Gasteiger partial charge is 0.433 e. The molecule has 11 heteroatoms. The Balaban J connectivity index is 1.15. The second-order valence-corrected chi connectivity index (χ2v) is 10.9. The topological polar surface area (TPSA) is 134 Å². The van der Waals surface area contributed by atoms with E-state index in [-0.39, 0.29) is 31.3 Å². The van der Waals surface area contributed by atoms with Gasteiger partial charge in [-0.25, -0.2) is 5.01 Å². The summed E-state index contributed by atoms with van der Waals surface area (Å²) in [6.45, 7) is 0.298. The summed E-state index contributed by atoms with van der Waals surface area (Å²) >= 11 is 0. The van der Waals surface area contributed by atoms with Gasteiger partial charge in [0.1, 0.15) is 18.1 Å². The van der Waals surface area contributed by atoms with Gasteiger partial charge in [-0.1, -0.05) is 42.5 Å². The van der Waals surface area contributed by atoms with E-state index in [4.69, 9.17) is 9.47 Å².